The lowest BCUT2D eigenvalue weighted by atomic mass is 9.86. The van der Waals surface area contributed by atoms with Gasteiger partial charge in [-0.1, -0.05) is 24.3 Å². The Kier molecular flexibility index (Phi) is 9.66. The van der Waals surface area contributed by atoms with Crippen LogP contribution in [0.5, 0.6) is 5.75 Å². The first-order valence-corrected chi connectivity index (χ1v) is 12.3. The predicted octanol–water partition coefficient (Wildman–Crippen LogP) is 3.97. The molecule has 1 aliphatic heterocycles. The van der Waals surface area contributed by atoms with Gasteiger partial charge in [-0.3, -0.25) is 19.7 Å². The number of nitrogens with one attached hydrogen (secondary N) is 1. The summed E-state index contributed by atoms with van der Waals surface area (Å²) in [6.45, 7) is 5.72. The summed E-state index contributed by atoms with van der Waals surface area (Å²) in [5.41, 5.74) is 1.10. The molecule has 0 spiro atoms. The zero-order chi connectivity index (χ0) is 27.8. The van der Waals surface area contributed by atoms with E-state index in [0.717, 1.165) is 0 Å². The zero-order valence-electron chi connectivity index (χ0n) is 21.9. The molecule has 2 atom stereocenters. The molecule has 2 aromatic carbocycles. The minimum atomic E-state index is -0.917. The molecule has 38 heavy (non-hydrogen) atoms. The van der Waals surface area contributed by atoms with Gasteiger partial charge >= 0.3 is 12.0 Å². The normalized spacial score (nSPS) is 17.2. The number of rotatable bonds is 12. The number of non-ortho nitro benzene ring substituents is 1. The molecule has 202 valence electrons. The summed E-state index contributed by atoms with van der Waals surface area (Å²) in [6.07, 6.45) is 0.0572. The summed E-state index contributed by atoms with van der Waals surface area (Å²) < 4.78 is 10.6. The molecule has 0 bridgehead atoms. The molecule has 1 aliphatic rings. The molecule has 2 unspecified atom stereocenters. The highest BCUT2D eigenvalue weighted by molar-refractivity contribution is 6.08. The van der Waals surface area contributed by atoms with Crippen molar-refractivity contribution in [1.29, 1.82) is 0 Å². The van der Waals surface area contributed by atoms with Gasteiger partial charge in [0.05, 0.1) is 30.7 Å². The molecule has 3 rings (SSSR count). The highest BCUT2D eigenvalue weighted by Gasteiger charge is 2.43. The number of nitro groups is 1. The third-order valence-electron chi connectivity index (χ3n) is 6.08. The Hall–Kier alpha value is -4.12. The van der Waals surface area contributed by atoms with Gasteiger partial charge in [-0.2, -0.15) is 0 Å². The van der Waals surface area contributed by atoms with Crippen LogP contribution in [0.3, 0.4) is 0 Å². The number of nitrogens with zero attached hydrogens (tertiary/aromatic N) is 3. The van der Waals surface area contributed by atoms with E-state index in [9.17, 15) is 24.5 Å². The fourth-order valence-electron chi connectivity index (χ4n) is 4.32. The summed E-state index contributed by atoms with van der Waals surface area (Å²) in [6, 6.07) is 11.4. The van der Waals surface area contributed by atoms with E-state index < -0.39 is 35.0 Å². The molecule has 2 amide bonds. The van der Waals surface area contributed by atoms with E-state index in [0.29, 0.717) is 29.8 Å². The number of methoxy groups -OCH3 is 1. The van der Waals surface area contributed by atoms with Crippen LogP contribution in [0, 0.1) is 16.0 Å². The Balaban J connectivity index is 1.75. The van der Waals surface area contributed by atoms with Crippen LogP contribution in [0.15, 0.2) is 53.5 Å². The maximum absolute atomic E-state index is 13.1. The molecule has 0 aliphatic carbocycles. The summed E-state index contributed by atoms with van der Waals surface area (Å²) in [4.78, 5) is 54.9. The number of nitro benzene ring substituents is 1. The first kappa shape index (κ1) is 28.5. The van der Waals surface area contributed by atoms with Crippen LogP contribution in [0.1, 0.15) is 49.2 Å². The number of benzene rings is 2. The van der Waals surface area contributed by atoms with Crippen LogP contribution in [-0.2, 0) is 9.53 Å². The molecule has 11 nitrogen and oxygen atoms in total. The first-order valence-electron chi connectivity index (χ1n) is 12.3. The van der Waals surface area contributed by atoms with Gasteiger partial charge in [0.25, 0.3) is 5.69 Å². The lowest BCUT2D eigenvalue weighted by molar-refractivity contribution is -0.385. The van der Waals surface area contributed by atoms with E-state index in [4.69, 9.17) is 9.47 Å². The largest absolute Gasteiger partial charge is 0.497 e. The van der Waals surface area contributed by atoms with Gasteiger partial charge in [0.15, 0.2) is 5.78 Å². The van der Waals surface area contributed by atoms with Gasteiger partial charge in [0, 0.05) is 30.0 Å². The van der Waals surface area contributed by atoms with Gasteiger partial charge in [0.2, 0.25) is 0 Å². The van der Waals surface area contributed by atoms with Crippen molar-refractivity contribution in [2.45, 2.75) is 39.3 Å². The van der Waals surface area contributed by atoms with Crippen molar-refractivity contribution in [1.82, 2.24) is 10.2 Å². The van der Waals surface area contributed by atoms with Gasteiger partial charge in [-0.05, 0) is 51.4 Å². The number of amides is 2. The van der Waals surface area contributed by atoms with Crippen molar-refractivity contribution in [3.05, 3.63) is 69.8 Å². The van der Waals surface area contributed by atoms with Crippen molar-refractivity contribution < 1.29 is 28.8 Å². The van der Waals surface area contributed by atoms with Crippen LogP contribution in [0.4, 0.5) is 10.5 Å². The van der Waals surface area contributed by atoms with E-state index >= 15 is 0 Å². The Morgan fingerprint density at radius 1 is 1.18 bits per heavy atom. The minimum Gasteiger partial charge on any atom is -0.497 e. The van der Waals surface area contributed by atoms with E-state index in [1.807, 2.05) is 0 Å². The van der Waals surface area contributed by atoms with Crippen LogP contribution in [0.25, 0.3) is 0 Å². The zero-order valence-corrected chi connectivity index (χ0v) is 21.9. The average molecular weight is 525 g/mol. The van der Waals surface area contributed by atoms with Crippen LogP contribution in [0.2, 0.25) is 0 Å². The molecular weight excluding hydrogens is 492 g/mol. The highest BCUT2D eigenvalue weighted by atomic mass is 16.6. The number of Topliss-reactive ketones (excluding diaryl/α,β-unsaturated/α-hetero) is 1. The van der Waals surface area contributed by atoms with Crippen LogP contribution < -0.4 is 10.1 Å². The SMILES string of the molecule is COc1cccc(C(=O)CNCCCN2C(=O)N=C(C)C(C(=O)OC(C)C)C2c2cccc([N+](=O)[O-])c2)c1. The molecule has 11 heteroatoms. The number of hydrogen-bond acceptors (Lipinski definition) is 8. The van der Waals surface area contributed by atoms with Gasteiger partial charge in [0.1, 0.15) is 11.7 Å². The second-order valence-electron chi connectivity index (χ2n) is 9.17. The lowest BCUT2D eigenvalue weighted by Crippen LogP contribution is -2.48. The highest BCUT2D eigenvalue weighted by Crippen LogP contribution is 2.36. The Bertz CT molecular complexity index is 1230. The minimum absolute atomic E-state index is 0.0933. The number of aliphatic imine (C=N–C) groups is 1. The summed E-state index contributed by atoms with van der Waals surface area (Å²) in [5.74, 6) is -0.992. The van der Waals surface area contributed by atoms with Crippen LogP contribution >= 0.6 is 0 Å². The topological polar surface area (TPSA) is 140 Å². The smallest absolute Gasteiger partial charge is 0.344 e. The predicted molar refractivity (Wildman–Crippen MR) is 141 cm³/mol. The Labute approximate surface area is 221 Å². The molecule has 1 N–H and O–H groups in total. The molecule has 0 aromatic heterocycles. The maximum atomic E-state index is 13.1. The number of carbonyl (C=O) groups excluding carboxylic acids is 3. The van der Waals surface area contributed by atoms with Crippen molar-refractivity contribution in [2.75, 3.05) is 26.7 Å². The fraction of sp³-hybridized carbons (Fsp3) is 0.407. The number of esters is 1. The van der Waals surface area contributed by atoms with Crippen molar-refractivity contribution in [3.63, 3.8) is 0 Å². The van der Waals surface area contributed by atoms with E-state index in [1.54, 1.807) is 51.1 Å². The Morgan fingerprint density at radius 2 is 1.92 bits per heavy atom. The van der Waals surface area contributed by atoms with E-state index in [-0.39, 0.29) is 30.3 Å². The number of carbonyl (C=O) groups is 3. The quantitative estimate of drug-likeness (QED) is 0.145. The fourth-order valence-corrected chi connectivity index (χ4v) is 4.32. The van der Waals surface area contributed by atoms with Crippen LogP contribution in [-0.4, -0.2) is 66.2 Å². The number of ether oxygens (including phenoxy) is 2. The third kappa shape index (κ3) is 7.00. The maximum Gasteiger partial charge on any atom is 0.344 e. The number of hydrogen-bond donors (Lipinski definition) is 1. The molecule has 0 saturated carbocycles. The monoisotopic (exact) mass is 524 g/mol. The summed E-state index contributed by atoms with van der Waals surface area (Å²) >= 11 is 0. The van der Waals surface area contributed by atoms with E-state index in [1.165, 1.54) is 30.2 Å². The second-order valence-corrected chi connectivity index (χ2v) is 9.17. The number of ketones is 1. The molecule has 2 aromatic rings. The molecule has 0 saturated heterocycles. The third-order valence-corrected chi connectivity index (χ3v) is 6.08. The van der Waals surface area contributed by atoms with Crippen molar-refractivity contribution >= 4 is 29.2 Å². The average Bonchev–Trinajstić information content (AvgIpc) is 2.88. The van der Waals surface area contributed by atoms with E-state index in [2.05, 4.69) is 10.3 Å². The molecule has 1 heterocycles. The first-order chi connectivity index (χ1) is 18.1. The standard InChI is InChI=1S/C27H32N4O7/c1-17(2)38-26(33)24-18(3)29-27(34)30(25(24)20-9-5-10-21(14-20)31(35)36)13-7-12-28-16-23(32)19-8-6-11-22(15-19)37-4/h5-6,8-11,14-15,17,24-25,28H,7,12-13,16H2,1-4H3. The van der Waals surface area contributed by atoms with Gasteiger partial charge < -0.3 is 19.7 Å². The van der Waals surface area contributed by atoms with Crippen molar-refractivity contribution in [3.8, 4) is 5.75 Å². The number of urea groups is 1. The second kappa shape index (κ2) is 12.9. The lowest BCUT2D eigenvalue weighted by Gasteiger charge is -2.38. The molecular formula is C27H32N4O7. The van der Waals surface area contributed by atoms with Gasteiger partial charge in [-0.25, -0.2) is 9.79 Å². The molecule has 0 radical (unpaired) electrons. The Morgan fingerprint density at radius 3 is 2.61 bits per heavy atom. The molecule has 0 fully saturated rings. The van der Waals surface area contributed by atoms with Gasteiger partial charge in [-0.15, -0.1) is 0 Å². The summed E-state index contributed by atoms with van der Waals surface area (Å²) in [5, 5.41) is 14.5. The van der Waals surface area contributed by atoms with Crippen molar-refractivity contribution in [2.24, 2.45) is 10.9 Å². The summed E-state index contributed by atoms with van der Waals surface area (Å²) in [7, 11) is 1.53.